The van der Waals surface area contributed by atoms with Crippen molar-refractivity contribution >= 4 is 28.1 Å². The van der Waals surface area contributed by atoms with Gasteiger partial charge in [0.05, 0.1) is 0 Å². The average molecular weight is 284 g/mol. The first-order valence-corrected chi connectivity index (χ1v) is 7.29. The predicted octanol–water partition coefficient (Wildman–Crippen LogP) is 1.92. The van der Waals surface area contributed by atoms with E-state index in [2.05, 4.69) is 21.3 Å². The average Bonchev–Trinajstić information content (AvgIpc) is 2.48. The van der Waals surface area contributed by atoms with Gasteiger partial charge >= 0.3 is 0 Å². The molecule has 3 rings (SSSR count). The number of fused-ring (bicyclic) bond motifs is 1. The molecule has 1 aliphatic heterocycles. The van der Waals surface area contributed by atoms with Gasteiger partial charge in [0.2, 0.25) is 5.91 Å². The number of rotatable bonds is 2. The molecule has 1 amide bonds. The number of hydrogen-bond donors (Lipinski definition) is 2. The van der Waals surface area contributed by atoms with Gasteiger partial charge in [-0.2, -0.15) is 0 Å². The van der Waals surface area contributed by atoms with Gasteiger partial charge in [0.1, 0.15) is 0 Å². The van der Waals surface area contributed by atoms with Crippen LogP contribution < -0.4 is 16.0 Å². The zero-order chi connectivity index (χ0) is 14.8. The van der Waals surface area contributed by atoms with Crippen LogP contribution in [0.5, 0.6) is 0 Å². The van der Waals surface area contributed by atoms with Crippen LogP contribution in [0.4, 0.5) is 11.4 Å². The van der Waals surface area contributed by atoms with Gasteiger partial charge in [-0.1, -0.05) is 0 Å². The first-order chi connectivity index (χ1) is 10.1. The number of pyridine rings is 1. The molecule has 110 valence electrons. The van der Waals surface area contributed by atoms with E-state index in [1.807, 2.05) is 18.3 Å². The summed E-state index contributed by atoms with van der Waals surface area (Å²) in [6, 6.07) is 6.27. The lowest BCUT2D eigenvalue weighted by Crippen LogP contribution is -2.44. The molecule has 1 fully saturated rings. The second-order valence-electron chi connectivity index (χ2n) is 5.56. The quantitative estimate of drug-likeness (QED) is 0.827. The maximum absolute atomic E-state index is 11.1. The standard InChI is InChI=1S/C16H20N4O/c1-11(21)19-12-5-8-20(9-6-12)16-3-2-15(17)13-4-7-18-10-14(13)16/h2-4,7,10,12H,5-6,8-9,17H2,1H3,(H,19,21). The third-order valence-electron chi connectivity index (χ3n) is 4.07. The molecule has 1 aromatic heterocycles. The lowest BCUT2D eigenvalue weighted by molar-refractivity contribution is -0.119. The number of nitrogens with one attached hydrogen (secondary N) is 1. The SMILES string of the molecule is CC(=O)NC1CCN(c2ccc(N)c3ccncc23)CC1. The highest BCUT2D eigenvalue weighted by Crippen LogP contribution is 2.31. The van der Waals surface area contributed by atoms with Gasteiger partial charge < -0.3 is 16.0 Å². The summed E-state index contributed by atoms with van der Waals surface area (Å²) < 4.78 is 0. The lowest BCUT2D eigenvalue weighted by atomic mass is 10.0. The summed E-state index contributed by atoms with van der Waals surface area (Å²) in [4.78, 5) is 17.7. The third kappa shape index (κ3) is 2.77. The number of piperidine rings is 1. The number of hydrogen-bond acceptors (Lipinski definition) is 4. The normalized spacial score (nSPS) is 16.1. The van der Waals surface area contributed by atoms with E-state index in [4.69, 9.17) is 5.73 Å². The number of aromatic nitrogens is 1. The van der Waals surface area contributed by atoms with E-state index in [0.717, 1.165) is 42.4 Å². The molecule has 1 saturated heterocycles. The largest absolute Gasteiger partial charge is 0.398 e. The van der Waals surface area contributed by atoms with Crippen LogP contribution >= 0.6 is 0 Å². The predicted molar refractivity (Wildman–Crippen MR) is 85.2 cm³/mol. The molecule has 0 atom stereocenters. The van der Waals surface area contributed by atoms with Gasteiger partial charge in [0.25, 0.3) is 0 Å². The number of nitrogens with zero attached hydrogens (tertiary/aromatic N) is 2. The van der Waals surface area contributed by atoms with Gasteiger partial charge in [-0.05, 0) is 31.0 Å². The molecule has 2 heterocycles. The van der Waals surface area contributed by atoms with Crippen molar-refractivity contribution in [2.24, 2.45) is 0 Å². The second kappa shape index (κ2) is 5.60. The maximum Gasteiger partial charge on any atom is 0.217 e. The summed E-state index contributed by atoms with van der Waals surface area (Å²) in [5.74, 6) is 0.0515. The summed E-state index contributed by atoms with van der Waals surface area (Å²) in [6.45, 7) is 3.43. The first kappa shape index (κ1) is 13.7. The van der Waals surface area contributed by atoms with E-state index in [1.165, 1.54) is 5.69 Å². The summed E-state index contributed by atoms with van der Waals surface area (Å²) in [6.07, 6.45) is 5.57. The number of anilines is 2. The highest BCUT2D eigenvalue weighted by Gasteiger charge is 2.21. The van der Waals surface area contributed by atoms with Crippen LogP contribution in [-0.4, -0.2) is 30.0 Å². The Morgan fingerprint density at radius 1 is 1.29 bits per heavy atom. The topological polar surface area (TPSA) is 71.2 Å². The molecule has 1 aromatic carbocycles. The Bertz CT molecular complexity index is 662. The molecule has 5 nitrogen and oxygen atoms in total. The summed E-state index contributed by atoms with van der Waals surface area (Å²) in [5, 5.41) is 5.14. The van der Waals surface area contributed by atoms with Crippen LogP contribution in [0.1, 0.15) is 19.8 Å². The second-order valence-corrected chi connectivity index (χ2v) is 5.56. The van der Waals surface area contributed by atoms with Crippen LogP contribution in [0.2, 0.25) is 0 Å². The van der Waals surface area contributed by atoms with Gasteiger partial charge in [-0.25, -0.2) is 0 Å². The minimum atomic E-state index is 0.0515. The number of amides is 1. The highest BCUT2D eigenvalue weighted by atomic mass is 16.1. The van der Waals surface area contributed by atoms with Crippen LogP contribution in [0, 0.1) is 0 Å². The van der Waals surface area contributed by atoms with E-state index >= 15 is 0 Å². The van der Waals surface area contributed by atoms with E-state index in [9.17, 15) is 4.79 Å². The smallest absolute Gasteiger partial charge is 0.217 e. The Hall–Kier alpha value is -2.30. The van der Waals surface area contributed by atoms with Gasteiger partial charge in [-0.15, -0.1) is 0 Å². The number of carbonyl (C=O) groups excluding carboxylic acids is 1. The molecule has 0 unspecified atom stereocenters. The Morgan fingerprint density at radius 3 is 2.76 bits per heavy atom. The fourth-order valence-corrected chi connectivity index (χ4v) is 3.03. The molecule has 3 N–H and O–H groups in total. The molecule has 0 saturated carbocycles. The van der Waals surface area contributed by atoms with Crippen molar-refractivity contribution in [2.45, 2.75) is 25.8 Å². The summed E-state index contributed by atoms with van der Waals surface area (Å²) in [5.41, 5.74) is 7.99. The molecule has 21 heavy (non-hydrogen) atoms. The van der Waals surface area contributed by atoms with Crippen molar-refractivity contribution in [1.29, 1.82) is 0 Å². The molecule has 5 heteroatoms. The van der Waals surface area contributed by atoms with Gasteiger partial charge in [0.15, 0.2) is 0 Å². The third-order valence-corrected chi connectivity index (χ3v) is 4.07. The van der Waals surface area contributed by atoms with Crippen molar-refractivity contribution in [3.63, 3.8) is 0 Å². The van der Waals surface area contributed by atoms with Crippen molar-refractivity contribution in [2.75, 3.05) is 23.7 Å². The van der Waals surface area contributed by atoms with E-state index in [1.54, 1.807) is 13.1 Å². The van der Waals surface area contributed by atoms with Gasteiger partial charge in [0, 0.05) is 60.6 Å². The van der Waals surface area contributed by atoms with E-state index in [0.29, 0.717) is 0 Å². The minimum absolute atomic E-state index is 0.0515. The van der Waals surface area contributed by atoms with Crippen LogP contribution in [0.15, 0.2) is 30.6 Å². The number of nitrogens with two attached hydrogens (primary N) is 1. The summed E-state index contributed by atoms with van der Waals surface area (Å²) in [7, 11) is 0. The number of carbonyl (C=O) groups is 1. The van der Waals surface area contributed by atoms with Crippen molar-refractivity contribution in [3.05, 3.63) is 30.6 Å². The number of benzene rings is 1. The highest BCUT2D eigenvalue weighted by molar-refractivity contribution is 6.00. The Kier molecular flexibility index (Phi) is 3.64. The fraction of sp³-hybridized carbons (Fsp3) is 0.375. The first-order valence-electron chi connectivity index (χ1n) is 7.29. The van der Waals surface area contributed by atoms with Crippen molar-refractivity contribution in [3.8, 4) is 0 Å². The monoisotopic (exact) mass is 284 g/mol. The molecule has 0 aliphatic carbocycles. The maximum atomic E-state index is 11.1. The van der Waals surface area contributed by atoms with E-state index < -0.39 is 0 Å². The van der Waals surface area contributed by atoms with Gasteiger partial charge in [-0.3, -0.25) is 9.78 Å². The number of nitrogen functional groups attached to an aromatic ring is 1. The molecular weight excluding hydrogens is 264 g/mol. The van der Waals surface area contributed by atoms with Crippen LogP contribution in [-0.2, 0) is 4.79 Å². The molecular formula is C16H20N4O. The van der Waals surface area contributed by atoms with E-state index in [-0.39, 0.29) is 11.9 Å². The van der Waals surface area contributed by atoms with Crippen LogP contribution in [0.25, 0.3) is 10.8 Å². The molecule has 2 aromatic rings. The lowest BCUT2D eigenvalue weighted by Gasteiger charge is -2.34. The fourth-order valence-electron chi connectivity index (χ4n) is 3.03. The molecule has 0 spiro atoms. The minimum Gasteiger partial charge on any atom is -0.398 e. The zero-order valence-electron chi connectivity index (χ0n) is 12.2. The van der Waals surface area contributed by atoms with Crippen molar-refractivity contribution in [1.82, 2.24) is 10.3 Å². The Balaban J connectivity index is 1.83. The molecule has 0 radical (unpaired) electrons. The molecule has 1 aliphatic rings. The molecule has 0 bridgehead atoms. The summed E-state index contributed by atoms with van der Waals surface area (Å²) >= 11 is 0. The van der Waals surface area contributed by atoms with Crippen LogP contribution in [0.3, 0.4) is 0 Å². The Morgan fingerprint density at radius 2 is 2.05 bits per heavy atom. The van der Waals surface area contributed by atoms with Crippen molar-refractivity contribution < 1.29 is 4.79 Å². The Labute approximate surface area is 124 Å². The zero-order valence-corrected chi connectivity index (χ0v) is 12.2.